The highest BCUT2D eigenvalue weighted by molar-refractivity contribution is 7.92. The van der Waals surface area contributed by atoms with Crippen LogP contribution in [0.4, 0.5) is 5.69 Å². The molecule has 0 aromatic heterocycles. The van der Waals surface area contributed by atoms with Gasteiger partial charge in [-0.2, -0.15) is 0 Å². The van der Waals surface area contributed by atoms with Crippen LogP contribution < -0.4 is 9.46 Å². The first-order chi connectivity index (χ1) is 10.3. The van der Waals surface area contributed by atoms with Gasteiger partial charge in [-0.15, -0.1) is 0 Å². The summed E-state index contributed by atoms with van der Waals surface area (Å²) in [6.07, 6.45) is 0. The maximum absolute atomic E-state index is 12.3. The molecule has 0 bridgehead atoms. The summed E-state index contributed by atoms with van der Waals surface area (Å²) in [5, 5.41) is 0.819. The van der Waals surface area contributed by atoms with Crippen molar-refractivity contribution in [3.05, 3.63) is 51.5 Å². The number of ether oxygens (including phenoxy) is 1. The Morgan fingerprint density at radius 2 is 1.73 bits per heavy atom. The second-order valence-electron chi connectivity index (χ2n) is 4.26. The minimum Gasteiger partial charge on any atom is -0.492 e. The molecule has 0 fully saturated rings. The second-order valence-corrected chi connectivity index (χ2v) is 7.16. The number of hydrogen-bond acceptors (Lipinski definition) is 3. The number of rotatable bonds is 5. The minimum absolute atomic E-state index is 0.0204. The number of nitrogens with one attached hydrogen (secondary N) is 1. The predicted molar refractivity (Wildman–Crippen MR) is 89.9 cm³/mol. The van der Waals surface area contributed by atoms with Gasteiger partial charge >= 0.3 is 0 Å². The largest absolute Gasteiger partial charge is 0.492 e. The Hall–Kier alpha value is -1.14. The topological polar surface area (TPSA) is 55.4 Å². The molecular formula is C14H12Cl3NO3S. The van der Waals surface area contributed by atoms with Crippen molar-refractivity contribution in [3.63, 3.8) is 0 Å². The van der Waals surface area contributed by atoms with Gasteiger partial charge in [-0.05, 0) is 43.3 Å². The first kappa shape index (κ1) is 17.2. The number of sulfonamides is 1. The molecule has 1 N–H and O–H groups in total. The lowest BCUT2D eigenvalue weighted by atomic mass is 10.3. The van der Waals surface area contributed by atoms with Crippen molar-refractivity contribution in [2.45, 2.75) is 11.8 Å². The van der Waals surface area contributed by atoms with Crippen LogP contribution >= 0.6 is 34.8 Å². The molecule has 0 saturated heterocycles. The number of halogens is 3. The van der Waals surface area contributed by atoms with E-state index in [-0.39, 0.29) is 14.9 Å². The van der Waals surface area contributed by atoms with E-state index < -0.39 is 10.0 Å². The lowest BCUT2D eigenvalue weighted by Gasteiger charge is -2.11. The average molecular weight is 381 g/mol. The van der Waals surface area contributed by atoms with Gasteiger partial charge in [0.1, 0.15) is 5.75 Å². The van der Waals surface area contributed by atoms with Gasteiger partial charge in [-0.25, -0.2) is 8.42 Å². The standard InChI is InChI=1S/C14H12Cl3NO3S/c1-2-21-14-6-4-10(8-13(14)17)22(19,20)18-9-3-5-11(15)12(16)7-9/h3-8,18H,2H2,1H3. The normalized spacial score (nSPS) is 11.3. The first-order valence-corrected chi connectivity index (χ1v) is 8.85. The molecule has 0 aliphatic heterocycles. The number of hydrogen-bond donors (Lipinski definition) is 1. The monoisotopic (exact) mass is 379 g/mol. The highest BCUT2D eigenvalue weighted by Gasteiger charge is 2.17. The fourth-order valence-corrected chi connectivity index (χ4v) is 3.37. The summed E-state index contributed by atoms with van der Waals surface area (Å²) < 4.78 is 32.3. The van der Waals surface area contributed by atoms with Gasteiger partial charge in [0.2, 0.25) is 0 Å². The van der Waals surface area contributed by atoms with E-state index in [4.69, 9.17) is 39.5 Å². The van der Waals surface area contributed by atoms with E-state index in [2.05, 4.69) is 4.72 Å². The number of benzene rings is 2. The predicted octanol–water partition coefficient (Wildman–Crippen LogP) is 4.85. The highest BCUT2D eigenvalue weighted by Crippen LogP contribution is 2.29. The van der Waals surface area contributed by atoms with E-state index in [0.29, 0.717) is 23.1 Å². The van der Waals surface area contributed by atoms with Crippen molar-refractivity contribution in [3.8, 4) is 5.75 Å². The van der Waals surface area contributed by atoms with Crippen molar-refractivity contribution in [1.82, 2.24) is 0 Å². The van der Waals surface area contributed by atoms with Crippen LogP contribution in [0, 0.1) is 0 Å². The van der Waals surface area contributed by atoms with Crippen molar-refractivity contribution < 1.29 is 13.2 Å². The van der Waals surface area contributed by atoms with Crippen LogP contribution in [0.1, 0.15) is 6.92 Å². The molecule has 4 nitrogen and oxygen atoms in total. The Balaban J connectivity index is 2.30. The summed E-state index contributed by atoms with van der Waals surface area (Å²) >= 11 is 17.7. The van der Waals surface area contributed by atoms with E-state index in [1.54, 1.807) is 0 Å². The first-order valence-electron chi connectivity index (χ1n) is 6.23. The van der Waals surface area contributed by atoms with E-state index in [1.807, 2.05) is 6.92 Å². The lowest BCUT2D eigenvalue weighted by molar-refractivity contribution is 0.340. The Kier molecular flexibility index (Phi) is 5.45. The van der Waals surface area contributed by atoms with Gasteiger partial charge in [0.25, 0.3) is 10.0 Å². The molecule has 118 valence electrons. The van der Waals surface area contributed by atoms with Crippen molar-refractivity contribution in [2.24, 2.45) is 0 Å². The van der Waals surface area contributed by atoms with Crippen molar-refractivity contribution in [1.29, 1.82) is 0 Å². The Labute approximate surface area is 144 Å². The van der Waals surface area contributed by atoms with Crippen LogP contribution in [-0.2, 0) is 10.0 Å². The molecule has 0 saturated carbocycles. The van der Waals surface area contributed by atoms with Crippen LogP contribution in [0.2, 0.25) is 15.1 Å². The van der Waals surface area contributed by atoms with Gasteiger partial charge in [0, 0.05) is 0 Å². The minimum atomic E-state index is -3.79. The van der Waals surface area contributed by atoms with E-state index >= 15 is 0 Å². The second kappa shape index (κ2) is 6.96. The van der Waals surface area contributed by atoms with Gasteiger partial charge < -0.3 is 4.74 Å². The van der Waals surface area contributed by atoms with E-state index in [1.165, 1.54) is 36.4 Å². The molecule has 0 atom stereocenters. The van der Waals surface area contributed by atoms with Crippen LogP contribution in [0.5, 0.6) is 5.75 Å². The SMILES string of the molecule is CCOc1ccc(S(=O)(=O)Nc2ccc(Cl)c(Cl)c2)cc1Cl. The molecule has 0 heterocycles. The van der Waals surface area contributed by atoms with Gasteiger partial charge in [0.05, 0.1) is 32.3 Å². The molecule has 8 heteroatoms. The van der Waals surface area contributed by atoms with Gasteiger partial charge in [-0.3, -0.25) is 4.72 Å². The molecular weight excluding hydrogens is 369 g/mol. The molecule has 2 aromatic carbocycles. The van der Waals surface area contributed by atoms with Crippen LogP contribution in [0.15, 0.2) is 41.3 Å². The fraction of sp³-hybridized carbons (Fsp3) is 0.143. The Morgan fingerprint density at radius 1 is 1.00 bits per heavy atom. The highest BCUT2D eigenvalue weighted by atomic mass is 35.5. The molecule has 0 radical (unpaired) electrons. The summed E-state index contributed by atoms with van der Waals surface area (Å²) in [5.41, 5.74) is 0.305. The van der Waals surface area contributed by atoms with E-state index in [0.717, 1.165) is 0 Å². The van der Waals surface area contributed by atoms with Crippen LogP contribution in [-0.4, -0.2) is 15.0 Å². The van der Waals surface area contributed by atoms with Crippen LogP contribution in [0.3, 0.4) is 0 Å². The Morgan fingerprint density at radius 3 is 2.32 bits per heavy atom. The molecule has 0 aliphatic rings. The summed E-state index contributed by atoms with van der Waals surface area (Å²) in [7, 11) is -3.79. The molecule has 0 spiro atoms. The van der Waals surface area contributed by atoms with Gasteiger partial charge in [-0.1, -0.05) is 34.8 Å². The summed E-state index contributed by atoms with van der Waals surface area (Å²) in [4.78, 5) is 0.0204. The van der Waals surface area contributed by atoms with Crippen LogP contribution in [0.25, 0.3) is 0 Å². The zero-order chi connectivity index (χ0) is 16.3. The zero-order valence-corrected chi connectivity index (χ0v) is 14.5. The summed E-state index contributed by atoms with van der Waals surface area (Å²) in [5.74, 6) is 0.428. The van der Waals surface area contributed by atoms with Crippen molar-refractivity contribution in [2.75, 3.05) is 11.3 Å². The molecule has 0 amide bonds. The molecule has 2 rings (SSSR count). The third-order valence-electron chi connectivity index (χ3n) is 2.69. The lowest BCUT2D eigenvalue weighted by Crippen LogP contribution is -2.13. The smallest absolute Gasteiger partial charge is 0.261 e. The zero-order valence-electron chi connectivity index (χ0n) is 11.4. The number of anilines is 1. The molecule has 0 aliphatic carbocycles. The average Bonchev–Trinajstić information content (AvgIpc) is 2.45. The third kappa shape index (κ3) is 3.98. The molecule has 2 aromatic rings. The quantitative estimate of drug-likeness (QED) is 0.807. The van der Waals surface area contributed by atoms with E-state index in [9.17, 15) is 8.42 Å². The summed E-state index contributed by atoms with van der Waals surface area (Å²) in [6.45, 7) is 2.25. The molecule has 0 unspecified atom stereocenters. The Bertz CT molecular complexity index is 794. The third-order valence-corrected chi connectivity index (χ3v) is 5.10. The summed E-state index contributed by atoms with van der Waals surface area (Å²) in [6, 6.07) is 8.70. The maximum atomic E-state index is 12.3. The fourth-order valence-electron chi connectivity index (χ4n) is 1.69. The van der Waals surface area contributed by atoms with Crippen molar-refractivity contribution >= 4 is 50.5 Å². The van der Waals surface area contributed by atoms with Gasteiger partial charge in [0.15, 0.2) is 0 Å². The maximum Gasteiger partial charge on any atom is 0.261 e. The molecule has 22 heavy (non-hydrogen) atoms.